The molecular formula is C24H23FN2O2. The second-order valence-electron chi connectivity index (χ2n) is 7.82. The lowest BCUT2D eigenvalue weighted by atomic mass is 9.87. The topological polar surface area (TPSA) is 58.2 Å². The highest BCUT2D eigenvalue weighted by Gasteiger charge is 2.15. The molecule has 0 aliphatic heterocycles. The van der Waals surface area contributed by atoms with Gasteiger partial charge in [-0.25, -0.2) is 4.39 Å². The van der Waals surface area contributed by atoms with E-state index >= 15 is 0 Å². The van der Waals surface area contributed by atoms with Crippen molar-refractivity contribution < 1.29 is 14.0 Å². The second-order valence-corrected chi connectivity index (χ2v) is 7.82. The average molecular weight is 390 g/mol. The third-order valence-electron chi connectivity index (χ3n) is 4.50. The predicted molar refractivity (Wildman–Crippen MR) is 114 cm³/mol. The quantitative estimate of drug-likeness (QED) is 0.607. The number of anilines is 2. The van der Waals surface area contributed by atoms with E-state index in [9.17, 15) is 14.0 Å². The van der Waals surface area contributed by atoms with Gasteiger partial charge in [0.25, 0.3) is 11.8 Å². The fourth-order valence-electron chi connectivity index (χ4n) is 2.80. The van der Waals surface area contributed by atoms with Crippen LogP contribution in [0.15, 0.2) is 72.8 Å². The Balaban J connectivity index is 1.69. The molecule has 0 saturated heterocycles. The molecule has 0 unspecified atom stereocenters. The van der Waals surface area contributed by atoms with Gasteiger partial charge >= 0.3 is 0 Å². The summed E-state index contributed by atoms with van der Waals surface area (Å²) < 4.78 is 13.0. The number of hydrogen-bond acceptors (Lipinski definition) is 2. The van der Waals surface area contributed by atoms with Gasteiger partial charge in [-0.15, -0.1) is 0 Å². The largest absolute Gasteiger partial charge is 0.322 e. The van der Waals surface area contributed by atoms with E-state index in [-0.39, 0.29) is 23.0 Å². The standard InChI is InChI=1S/C24H23FN2O2/c1-24(2,3)18-9-7-16(8-10-18)22(28)27-21-6-4-5-17(15-21)23(29)26-20-13-11-19(25)12-14-20/h4-15H,1-3H3,(H,26,29)(H,27,28). The van der Waals surface area contributed by atoms with E-state index in [1.54, 1.807) is 36.4 Å². The van der Waals surface area contributed by atoms with Crippen molar-refractivity contribution in [3.63, 3.8) is 0 Å². The van der Waals surface area contributed by atoms with Crippen LogP contribution in [-0.4, -0.2) is 11.8 Å². The van der Waals surface area contributed by atoms with Crippen LogP contribution in [0.1, 0.15) is 47.1 Å². The van der Waals surface area contributed by atoms with Gasteiger partial charge in [0.2, 0.25) is 0 Å². The van der Waals surface area contributed by atoms with E-state index < -0.39 is 0 Å². The second kappa shape index (κ2) is 8.27. The van der Waals surface area contributed by atoms with Crippen LogP contribution in [0, 0.1) is 5.82 Å². The van der Waals surface area contributed by atoms with E-state index in [2.05, 4.69) is 31.4 Å². The highest BCUT2D eigenvalue weighted by Crippen LogP contribution is 2.22. The van der Waals surface area contributed by atoms with E-state index in [1.807, 2.05) is 12.1 Å². The number of amides is 2. The molecule has 0 saturated carbocycles. The molecule has 5 heteroatoms. The van der Waals surface area contributed by atoms with Crippen LogP contribution in [0.3, 0.4) is 0 Å². The molecule has 2 N–H and O–H groups in total. The number of rotatable bonds is 4. The molecule has 29 heavy (non-hydrogen) atoms. The zero-order chi connectivity index (χ0) is 21.0. The Morgan fingerprint density at radius 1 is 0.724 bits per heavy atom. The zero-order valence-corrected chi connectivity index (χ0v) is 16.6. The third kappa shape index (κ3) is 5.29. The lowest BCUT2D eigenvalue weighted by molar-refractivity contribution is 0.101. The minimum absolute atomic E-state index is 0.0151. The molecule has 0 aliphatic rings. The van der Waals surface area contributed by atoms with Crippen LogP contribution in [-0.2, 0) is 5.41 Å². The molecule has 0 heterocycles. The van der Waals surface area contributed by atoms with Crippen molar-refractivity contribution in [1.29, 1.82) is 0 Å². The molecule has 0 aliphatic carbocycles. The Hall–Kier alpha value is -3.47. The van der Waals surface area contributed by atoms with E-state index in [4.69, 9.17) is 0 Å². The first kappa shape index (κ1) is 20.3. The molecule has 3 aromatic rings. The fraction of sp³-hybridized carbons (Fsp3) is 0.167. The Kier molecular flexibility index (Phi) is 5.78. The maximum atomic E-state index is 13.0. The summed E-state index contributed by atoms with van der Waals surface area (Å²) in [5.41, 5.74) is 3.09. The summed E-state index contributed by atoms with van der Waals surface area (Å²) in [6.45, 7) is 6.35. The first-order valence-corrected chi connectivity index (χ1v) is 9.31. The van der Waals surface area contributed by atoms with Gasteiger partial charge in [0.15, 0.2) is 0 Å². The molecule has 0 radical (unpaired) electrons. The number of carbonyl (C=O) groups excluding carboxylic acids is 2. The minimum atomic E-state index is -0.372. The summed E-state index contributed by atoms with van der Waals surface area (Å²) >= 11 is 0. The summed E-state index contributed by atoms with van der Waals surface area (Å²) in [4.78, 5) is 25.0. The molecule has 148 valence electrons. The SMILES string of the molecule is CC(C)(C)c1ccc(C(=O)Nc2cccc(C(=O)Nc3ccc(F)cc3)c2)cc1. The Morgan fingerprint density at radius 2 is 1.31 bits per heavy atom. The van der Waals surface area contributed by atoms with Crippen LogP contribution in [0.2, 0.25) is 0 Å². The molecule has 0 atom stereocenters. The Labute approximate surface area is 169 Å². The number of nitrogens with one attached hydrogen (secondary N) is 2. The fourth-order valence-corrected chi connectivity index (χ4v) is 2.80. The summed E-state index contributed by atoms with van der Waals surface area (Å²) in [6.07, 6.45) is 0. The molecule has 0 bridgehead atoms. The average Bonchev–Trinajstić information content (AvgIpc) is 2.69. The lowest BCUT2D eigenvalue weighted by Crippen LogP contribution is -2.15. The van der Waals surface area contributed by atoms with E-state index in [0.29, 0.717) is 22.5 Å². The van der Waals surface area contributed by atoms with E-state index in [1.165, 1.54) is 24.3 Å². The van der Waals surface area contributed by atoms with Crippen molar-refractivity contribution in [3.05, 3.63) is 95.3 Å². The van der Waals surface area contributed by atoms with Crippen molar-refractivity contribution in [3.8, 4) is 0 Å². The summed E-state index contributed by atoms with van der Waals surface area (Å²) in [6, 6.07) is 19.7. The van der Waals surface area contributed by atoms with Gasteiger partial charge in [-0.1, -0.05) is 39.0 Å². The lowest BCUT2D eigenvalue weighted by Gasteiger charge is -2.19. The van der Waals surface area contributed by atoms with Gasteiger partial charge in [0.1, 0.15) is 5.82 Å². The minimum Gasteiger partial charge on any atom is -0.322 e. The van der Waals surface area contributed by atoms with Gasteiger partial charge in [-0.05, 0) is 65.6 Å². The number of halogens is 1. The number of hydrogen-bond donors (Lipinski definition) is 2. The zero-order valence-electron chi connectivity index (χ0n) is 16.6. The summed E-state index contributed by atoms with van der Waals surface area (Å²) in [5, 5.41) is 5.51. The first-order chi connectivity index (χ1) is 13.7. The van der Waals surface area contributed by atoms with Crippen LogP contribution < -0.4 is 10.6 Å². The normalized spacial score (nSPS) is 11.0. The Morgan fingerprint density at radius 3 is 1.93 bits per heavy atom. The van der Waals surface area contributed by atoms with Crippen molar-refractivity contribution in [1.82, 2.24) is 0 Å². The molecule has 2 amide bonds. The summed E-state index contributed by atoms with van der Waals surface area (Å²) in [7, 11) is 0. The predicted octanol–water partition coefficient (Wildman–Crippen LogP) is 5.63. The summed E-state index contributed by atoms with van der Waals surface area (Å²) in [5.74, 6) is -0.966. The van der Waals surface area contributed by atoms with Crippen molar-refractivity contribution >= 4 is 23.2 Å². The van der Waals surface area contributed by atoms with Crippen molar-refractivity contribution in [2.75, 3.05) is 10.6 Å². The van der Waals surface area contributed by atoms with Crippen LogP contribution in [0.4, 0.5) is 15.8 Å². The number of carbonyl (C=O) groups is 2. The maximum absolute atomic E-state index is 13.0. The van der Waals surface area contributed by atoms with Crippen LogP contribution in [0.25, 0.3) is 0 Å². The van der Waals surface area contributed by atoms with Gasteiger partial charge in [-0.2, -0.15) is 0 Å². The van der Waals surface area contributed by atoms with Crippen LogP contribution in [0.5, 0.6) is 0 Å². The van der Waals surface area contributed by atoms with Gasteiger partial charge in [0.05, 0.1) is 0 Å². The van der Waals surface area contributed by atoms with Crippen LogP contribution >= 0.6 is 0 Å². The molecule has 0 fully saturated rings. The molecule has 0 spiro atoms. The Bertz CT molecular complexity index is 1020. The molecule has 4 nitrogen and oxygen atoms in total. The number of benzene rings is 3. The monoisotopic (exact) mass is 390 g/mol. The highest BCUT2D eigenvalue weighted by molar-refractivity contribution is 6.07. The first-order valence-electron chi connectivity index (χ1n) is 9.31. The van der Waals surface area contributed by atoms with Crippen molar-refractivity contribution in [2.45, 2.75) is 26.2 Å². The van der Waals surface area contributed by atoms with Gasteiger partial charge < -0.3 is 10.6 Å². The third-order valence-corrected chi connectivity index (χ3v) is 4.50. The highest BCUT2D eigenvalue weighted by atomic mass is 19.1. The molecule has 0 aromatic heterocycles. The molecule has 3 aromatic carbocycles. The van der Waals surface area contributed by atoms with Crippen molar-refractivity contribution in [2.24, 2.45) is 0 Å². The van der Waals surface area contributed by atoms with Gasteiger partial charge in [-0.3, -0.25) is 9.59 Å². The van der Waals surface area contributed by atoms with Gasteiger partial charge in [0, 0.05) is 22.5 Å². The smallest absolute Gasteiger partial charge is 0.255 e. The molecule has 3 rings (SSSR count). The van der Waals surface area contributed by atoms with E-state index in [0.717, 1.165) is 5.56 Å². The maximum Gasteiger partial charge on any atom is 0.255 e. The molecular weight excluding hydrogens is 367 g/mol.